The van der Waals surface area contributed by atoms with Crippen LogP contribution >= 0.6 is 23.1 Å². The molecule has 5 heteroatoms. The first-order chi connectivity index (χ1) is 9.20. The van der Waals surface area contributed by atoms with Crippen molar-refractivity contribution in [2.24, 2.45) is 0 Å². The number of carbonyl (C=O) groups is 1. The van der Waals surface area contributed by atoms with Crippen LogP contribution in [0.3, 0.4) is 0 Å². The van der Waals surface area contributed by atoms with Crippen molar-refractivity contribution in [1.29, 1.82) is 5.26 Å². The number of nitrogens with two attached hydrogens (primary N) is 1. The van der Waals surface area contributed by atoms with E-state index < -0.39 is 0 Å². The minimum atomic E-state index is -0.297. The summed E-state index contributed by atoms with van der Waals surface area (Å²) in [7, 11) is 0. The Balaban J connectivity index is 2.19. The van der Waals surface area contributed by atoms with E-state index in [0.29, 0.717) is 10.6 Å². The lowest BCUT2D eigenvalue weighted by Gasteiger charge is -2.02. The molecule has 1 aromatic carbocycles. The molecule has 1 aromatic heterocycles. The van der Waals surface area contributed by atoms with Gasteiger partial charge in [0.05, 0.1) is 0 Å². The molecule has 2 aromatic rings. The molecule has 1 heterocycles. The third kappa shape index (κ3) is 3.47. The lowest BCUT2D eigenvalue weighted by atomic mass is 10.3. The van der Waals surface area contributed by atoms with Crippen LogP contribution in [-0.2, 0) is 4.79 Å². The van der Waals surface area contributed by atoms with E-state index >= 15 is 0 Å². The number of anilines is 1. The Bertz CT molecular complexity index is 654. The average molecular weight is 286 g/mol. The number of thioether (sulfide) groups is 1. The third-order valence-corrected chi connectivity index (χ3v) is 4.11. The molecule has 2 rings (SSSR count). The SMILES string of the molecule is N#CC(=Cc1cccs1)C(=O)Sc1ccccc1N. The van der Waals surface area contributed by atoms with E-state index in [2.05, 4.69) is 0 Å². The van der Waals surface area contributed by atoms with Gasteiger partial charge in [0.15, 0.2) is 0 Å². The van der Waals surface area contributed by atoms with Crippen LogP contribution in [-0.4, -0.2) is 5.12 Å². The second-order valence-corrected chi connectivity index (χ2v) is 5.61. The molecule has 0 aliphatic heterocycles. The van der Waals surface area contributed by atoms with Gasteiger partial charge in [-0.2, -0.15) is 5.26 Å². The van der Waals surface area contributed by atoms with Gasteiger partial charge in [-0.25, -0.2) is 0 Å². The van der Waals surface area contributed by atoms with Crippen molar-refractivity contribution >= 4 is 40.0 Å². The van der Waals surface area contributed by atoms with E-state index in [1.807, 2.05) is 23.6 Å². The summed E-state index contributed by atoms with van der Waals surface area (Å²) in [6.07, 6.45) is 1.60. The van der Waals surface area contributed by atoms with E-state index in [4.69, 9.17) is 11.0 Å². The fourth-order valence-corrected chi connectivity index (χ4v) is 2.78. The van der Waals surface area contributed by atoms with Crippen molar-refractivity contribution in [3.05, 3.63) is 52.2 Å². The molecule has 0 aliphatic carbocycles. The highest BCUT2D eigenvalue weighted by atomic mass is 32.2. The molecule has 0 unspecified atom stereocenters. The van der Waals surface area contributed by atoms with Gasteiger partial charge in [-0.1, -0.05) is 18.2 Å². The number of nitrogen functional groups attached to an aromatic ring is 1. The van der Waals surface area contributed by atoms with Crippen molar-refractivity contribution in [2.75, 3.05) is 5.73 Å². The molecule has 94 valence electrons. The smallest absolute Gasteiger partial charge is 0.234 e. The molecule has 0 atom stereocenters. The molecule has 0 bridgehead atoms. The Hall–Kier alpha value is -2.03. The summed E-state index contributed by atoms with van der Waals surface area (Å²) in [6.45, 7) is 0. The number of rotatable bonds is 3. The highest BCUT2D eigenvalue weighted by molar-refractivity contribution is 8.14. The van der Waals surface area contributed by atoms with Crippen LogP contribution in [0.25, 0.3) is 6.08 Å². The standard InChI is InChI=1S/C14H10N2OS2/c15-9-10(8-11-4-3-7-18-11)14(17)19-13-6-2-1-5-12(13)16/h1-8H,16H2. The maximum atomic E-state index is 12.0. The lowest BCUT2D eigenvalue weighted by molar-refractivity contribution is -0.107. The van der Waals surface area contributed by atoms with Gasteiger partial charge in [-0.15, -0.1) is 11.3 Å². The van der Waals surface area contributed by atoms with E-state index in [0.717, 1.165) is 16.6 Å². The van der Waals surface area contributed by atoms with Crippen LogP contribution in [0.5, 0.6) is 0 Å². The summed E-state index contributed by atoms with van der Waals surface area (Å²) in [5, 5.41) is 10.7. The van der Waals surface area contributed by atoms with Crippen LogP contribution in [0.4, 0.5) is 5.69 Å². The zero-order valence-corrected chi connectivity index (χ0v) is 11.5. The third-order valence-electron chi connectivity index (χ3n) is 2.29. The van der Waals surface area contributed by atoms with Crippen LogP contribution in [0.2, 0.25) is 0 Å². The van der Waals surface area contributed by atoms with Crippen molar-refractivity contribution in [3.63, 3.8) is 0 Å². The summed E-state index contributed by atoms with van der Waals surface area (Å²) in [4.78, 5) is 13.6. The van der Waals surface area contributed by atoms with Crippen molar-refractivity contribution in [2.45, 2.75) is 4.90 Å². The molecule has 0 saturated carbocycles. The summed E-state index contributed by atoms with van der Waals surface area (Å²) < 4.78 is 0. The number of para-hydroxylation sites is 1. The van der Waals surface area contributed by atoms with Crippen LogP contribution in [0.1, 0.15) is 4.88 Å². The molecule has 0 spiro atoms. The number of benzene rings is 1. The molecule has 2 N–H and O–H groups in total. The lowest BCUT2D eigenvalue weighted by Crippen LogP contribution is -1.96. The van der Waals surface area contributed by atoms with Gasteiger partial charge in [0.25, 0.3) is 0 Å². The van der Waals surface area contributed by atoms with Gasteiger partial charge in [0.1, 0.15) is 11.6 Å². The van der Waals surface area contributed by atoms with Crippen LogP contribution in [0.15, 0.2) is 52.2 Å². The Kier molecular flexibility index (Phi) is 4.39. The summed E-state index contributed by atoms with van der Waals surface area (Å²) in [5.74, 6) is 0. The molecule has 3 nitrogen and oxygen atoms in total. The maximum Gasteiger partial charge on any atom is 0.234 e. The Labute approximate surface area is 119 Å². The normalized spacial score (nSPS) is 11.0. The first-order valence-corrected chi connectivity index (χ1v) is 7.12. The van der Waals surface area contributed by atoms with Gasteiger partial charge in [-0.3, -0.25) is 4.79 Å². The average Bonchev–Trinajstić information content (AvgIpc) is 2.91. The van der Waals surface area contributed by atoms with E-state index in [9.17, 15) is 4.79 Å². The fourth-order valence-electron chi connectivity index (χ4n) is 1.38. The molecular weight excluding hydrogens is 276 g/mol. The van der Waals surface area contributed by atoms with E-state index in [1.54, 1.807) is 30.3 Å². The van der Waals surface area contributed by atoms with Gasteiger partial charge in [-0.05, 0) is 41.4 Å². The predicted octanol–water partition coefficient (Wildman–Crippen LogP) is 3.56. The van der Waals surface area contributed by atoms with Crippen LogP contribution < -0.4 is 5.73 Å². The van der Waals surface area contributed by atoms with Gasteiger partial charge in [0.2, 0.25) is 5.12 Å². The maximum absolute atomic E-state index is 12.0. The number of nitrogens with zero attached hydrogens (tertiary/aromatic N) is 1. The molecule has 0 radical (unpaired) electrons. The molecule has 19 heavy (non-hydrogen) atoms. The topological polar surface area (TPSA) is 66.9 Å². The highest BCUT2D eigenvalue weighted by Crippen LogP contribution is 2.28. The molecule has 0 saturated heterocycles. The highest BCUT2D eigenvalue weighted by Gasteiger charge is 2.13. The molecule has 0 amide bonds. The van der Waals surface area contributed by atoms with Crippen molar-refractivity contribution < 1.29 is 4.79 Å². The van der Waals surface area contributed by atoms with Gasteiger partial charge < -0.3 is 5.73 Å². The summed E-state index contributed by atoms with van der Waals surface area (Å²) in [6, 6.07) is 12.8. The number of carbonyl (C=O) groups excluding carboxylic acids is 1. The molecule has 0 aliphatic rings. The predicted molar refractivity (Wildman–Crippen MR) is 79.6 cm³/mol. The second-order valence-electron chi connectivity index (χ2n) is 3.61. The molecule has 0 fully saturated rings. The van der Waals surface area contributed by atoms with Crippen molar-refractivity contribution in [1.82, 2.24) is 0 Å². The minimum absolute atomic E-state index is 0.121. The van der Waals surface area contributed by atoms with Crippen LogP contribution in [0, 0.1) is 11.3 Å². The quantitative estimate of drug-likeness (QED) is 0.405. The monoisotopic (exact) mass is 286 g/mol. The molecular formula is C14H10N2OS2. The number of nitriles is 1. The van der Waals surface area contributed by atoms with Gasteiger partial charge in [0, 0.05) is 15.5 Å². The first kappa shape index (κ1) is 13.4. The van der Waals surface area contributed by atoms with Crippen molar-refractivity contribution in [3.8, 4) is 6.07 Å². The van der Waals surface area contributed by atoms with Gasteiger partial charge >= 0.3 is 0 Å². The second kappa shape index (κ2) is 6.23. The number of hydrogen-bond donors (Lipinski definition) is 1. The zero-order chi connectivity index (χ0) is 13.7. The Morgan fingerprint density at radius 3 is 2.74 bits per heavy atom. The summed E-state index contributed by atoms with van der Waals surface area (Å²) in [5.41, 5.74) is 6.43. The number of hydrogen-bond acceptors (Lipinski definition) is 5. The fraction of sp³-hybridized carbons (Fsp3) is 0. The minimum Gasteiger partial charge on any atom is -0.398 e. The largest absolute Gasteiger partial charge is 0.398 e. The number of thiophene rings is 1. The zero-order valence-electron chi connectivity index (χ0n) is 9.87. The Morgan fingerprint density at radius 1 is 1.32 bits per heavy atom. The first-order valence-electron chi connectivity index (χ1n) is 5.42. The Morgan fingerprint density at radius 2 is 2.11 bits per heavy atom. The summed E-state index contributed by atoms with van der Waals surface area (Å²) >= 11 is 2.45. The van der Waals surface area contributed by atoms with E-state index in [1.165, 1.54) is 11.3 Å². The van der Waals surface area contributed by atoms with E-state index in [-0.39, 0.29) is 10.7 Å².